The highest BCUT2D eigenvalue weighted by Gasteiger charge is 2.13. The summed E-state index contributed by atoms with van der Waals surface area (Å²) in [7, 11) is -3.80. The lowest BCUT2D eigenvalue weighted by Gasteiger charge is -2.07. The Hall–Kier alpha value is -1.66. The zero-order valence-electron chi connectivity index (χ0n) is 10.8. The minimum atomic E-state index is -3.80. The van der Waals surface area contributed by atoms with Crippen molar-refractivity contribution in [2.24, 2.45) is 5.14 Å². The number of unbranched alkanes of at least 4 members (excludes halogenated alkanes) is 1. The highest BCUT2D eigenvalue weighted by atomic mass is 32.2. The number of primary sulfonamides is 1. The largest absolute Gasteiger partial charge is 0.352 e. The van der Waals surface area contributed by atoms with Crippen molar-refractivity contribution >= 4 is 15.9 Å². The molecular weight excluding hydrogens is 264 g/mol. The number of amides is 1. The quantitative estimate of drug-likeness (QED) is 0.609. The van der Waals surface area contributed by atoms with E-state index in [0.717, 1.165) is 12.8 Å². The molecule has 0 radical (unpaired) electrons. The van der Waals surface area contributed by atoms with Crippen molar-refractivity contribution in [1.82, 2.24) is 5.32 Å². The average Bonchev–Trinajstić information content (AvgIpc) is 2.32. The molecule has 0 saturated carbocycles. The Labute approximate surface area is 113 Å². The zero-order valence-corrected chi connectivity index (χ0v) is 11.7. The number of aryl methyl sites for hydroxylation is 1. The van der Waals surface area contributed by atoms with Crippen LogP contribution in [0.1, 0.15) is 28.8 Å². The van der Waals surface area contributed by atoms with E-state index in [9.17, 15) is 13.2 Å². The Balaban J connectivity index is 2.86. The van der Waals surface area contributed by atoms with Gasteiger partial charge < -0.3 is 5.32 Å². The minimum Gasteiger partial charge on any atom is -0.352 e. The van der Waals surface area contributed by atoms with Gasteiger partial charge >= 0.3 is 0 Å². The molecule has 0 aromatic heterocycles. The van der Waals surface area contributed by atoms with E-state index in [0.29, 0.717) is 17.7 Å². The molecular formula is C13H18N2O3S. The third-order valence-electron chi connectivity index (χ3n) is 2.51. The predicted molar refractivity (Wildman–Crippen MR) is 74.3 cm³/mol. The van der Waals surface area contributed by atoms with Crippen LogP contribution in [0, 0.1) is 6.92 Å². The van der Waals surface area contributed by atoms with Crippen LogP contribution in [0.15, 0.2) is 35.7 Å². The zero-order chi connectivity index (χ0) is 14.5. The number of hydrogen-bond donors (Lipinski definition) is 2. The normalized spacial score (nSPS) is 11.1. The molecule has 0 fully saturated rings. The minimum absolute atomic E-state index is 0.0521. The van der Waals surface area contributed by atoms with Crippen molar-refractivity contribution in [1.29, 1.82) is 0 Å². The number of nitrogens with one attached hydrogen (secondary N) is 1. The van der Waals surface area contributed by atoms with E-state index >= 15 is 0 Å². The number of sulfonamides is 1. The summed E-state index contributed by atoms with van der Waals surface area (Å²) in [4.78, 5) is 11.8. The molecule has 0 saturated heterocycles. The van der Waals surface area contributed by atoms with E-state index < -0.39 is 10.0 Å². The van der Waals surface area contributed by atoms with Crippen LogP contribution in [-0.4, -0.2) is 20.9 Å². The highest BCUT2D eigenvalue weighted by Crippen LogP contribution is 2.13. The smallest absolute Gasteiger partial charge is 0.251 e. The molecule has 1 aromatic carbocycles. The molecule has 0 atom stereocenters. The van der Waals surface area contributed by atoms with Gasteiger partial charge in [-0.1, -0.05) is 6.08 Å². The first-order valence-corrected chi connectivity index (χ1v) is 7.43. The number of rotatable bonds is 6. The van der Waals surface area contributed by atoms with E-state index in [4.69, 9.17) is 5.14 Å². The SMILES string of the molecule is C=CCCCNC(=O)c1cc(C)cc(S(N)(=O)=O)c1. The highest BCUT2D eigenvalue weighted by molar-refractivity contribution is 7.89. The van der Waals surface area contributed by atoms with Gasteiger partial charge in [-0.15, -0.1) is 6.58 Å². The molecule has 104 valence electrons. The Morgan fingerprint density at radius 3 is 2.68 bits per heavy atom. The standard InChI is InChI=1S/C13H18N2O3S/c1-3-4-5-6-15-13(16)11-7-10(2)8-12(9-11)19(14,17)18/h3,7-9H,1,4-6H2,2H3,(H,15,16)(H2,14,17,18). The van der Waals surface area contributed by atoms with Crippen LogP contribution in [-0.2, 0) is 10.0 Å². The van der Waals surface area contributed by atoms with Crippen molar-refractivity contribution in [3.63, 3.8) is 0 Å². The van der Waals surface area contributed by atoms with Gasteiger partial charge in [0.1, 0.15) is 0 Å². The van der Waals surface area contributed by atoms with Crippen LogP contribution in [0.4, 0.5) is 0 Å². The number of allylic oxidation sites excluding steroid dienone is 1. The number of nitrogens with two attached hydrogens (primary N) is 1. The first-order chi connectivity index (χ1) is 8.84. The first-order valence-electron chi connectivity index (χ1n) is 5.88. The van der Waals surface area contributed by atoms with Gasteiger partial charge in [-0.2, -0.15) is 0 Å². The molecule has 0 bridgehead atoms. The maximum Gasteiger partial charge on any atom is 0.251 e. The van der Waals surface area contributed by atoms with Crippen LogP contribution in [0.3, 0.4) is 0 Å². The maximum absolute atomic E-state index is 11.9. The predicted octanol–water partition coefficient (Wildman–Crippen LogP) is 1.34. The fraction of sp³-hybridized carbons (Fsp3) is 0.308. The second-order valence-corrected chi connectivity index (χ2v) is 5.83. The maximum atomic E-state index is 11.9. The Morgan fingerprint density at radius 1 is 1.42 bits per heavy atom. The van der Waals surface area contributed by atoms with Gasteiger partial charge in [0.15, 0.2) is 0 Å². The molecule has 1 aromatic rings. The van der Waals surface area contributed by atoms with Gasteiger partial charge in [-0.3, -0.25) is 4.79 Å². The van der Waals surface area contributed by atoms with Crippen molar-refractivity contribution in [3.05, 3.63) is 42.0 Å². The molecule has 0 heterocycles. The van der Waals surface area contributed by atoms with Crippen LogP contribution in [0.25, 0.3) is 0 Å². The number of benzene rings is 1. The lowest BCUT2D eigenvalue weighted by atomic mass is 10.1. The molecule has 0 aliphatic heterocycles. The fourth-order valence-corrected chi connectivity index (χ4v) is 2.24. The van der Waals surface area contributed by atoms with E-state index in [1.165, 1.54) is 12.1 Å². The van der Waals surface area contributed by atoms with E-state index in [1.807, 2.05) is 0 Å². The average molecular weight is 282 g/mol. The summed E-state index contributed by atoms with van der Waals surface area (Å²) in [5.74, 6) is -0.308. The molecule has 0 spiro atoms. The molecule has 1 rings (SSSR count). The summed E-state index contributed by atoms with van der Waals surface area (Å²) in [6.45, 7) is 5.82. The Bertz CT molecular complexity index is 580. The van der Waals surface area contributed by atoms with E-state index in [1.54, 1.807) is 19.1 Å². The summed E-state index contributed by atoms with van der Waals surface area (Å²) < 4.78 is 22.6. The van der Waals surface area contributed by atoms with Crippen LogP contribution in [0.5, 0.6) is 0 Å². The lowest BCUT2D eigenvalue weighted by Crippen LogP contribution is -2.25. The van der Waals surface area contributed by atoms with Gasteiger partial charge in [0, 0.05) is 12.1 Å². The summed E-state index contributed by atoms with van der Waals surface area (Å²) in [5, 5.41) is 7.78. The van der Waals surface area contributed by atoms with Crippen LogP contribution < -0.4 is 10.5 Å². The van der Waals surface area contributed by atoms with Crippen LogP contribution in [0.2, 0.25) is 0 Å². The molecule has 6 heteroatoms. The molecule has 0 unspecified atom stereocenters. The first kappa shape index (κ1) is 15.4. The summed E-state index contributed by atoms with van der Waals surface area (Å²) in [6, 6.07) is 4.34. The van der Waals surface area contributed by atoms with Crippen molar-refractivity contribution in [2.45, 2.75) is 24.7 Å². The molecule has 3 N–H and O–H groups in total. The van der Waals surface area contributed by atoms with Crippen LogP contribution >= 0.6 is 0 Å². The van der Waals surface area contributed by atoms with E-state index in [-0.39, 0.29) is 10.8 Å². The van der Waals surface area contributed by atoms with E-state index in [2.05, 4.69) is 11.9 Å². The third-order valence-corrected chi connectivity index (χ3v) is 3.40. The summed E-state index contributed by atoms with van der Waals surface area (Å²) in [5.41, 5.74) is 0.963. The second kappa shape index (κ2) is 6.49. The Morgan fingerprint density at radius 2 is 2.11 bits per heavy atom. The Kier molecular flexibility index (Phi) is 5.26. The topological polar surface area (TPSA) is 89.3 Å². The number of carbonyl (C=O) groups excluding carboxylic acids is 1. The molecule has 19 heavy (non-hydrogen) atoms. The van der Waals surface area contributed by atoms with Gasteiger partial charge in [-0.05, 0) is 43.5 Å². The molecule has 5 nitrogen and oxygen atoms in total. The monoisotopic (exact) mass is 282 g/mol. The van der Waals surface area contributed by atoms with Gasteiger partial charge in [0.2, 0.25) is 10.0 Å². The van der Waals surface area contributed by atoms with Gasteiger partial charge in [0.05, 0.1) is 4.90 Å². The van der Waals surface area contributed by atoms with Crippen molar-refractivity contribution in [3.8, 4) is 0 Å². The summed E-state index contributed by atoms with van der Waals surface area (Å²) in [6.07, 6.45) is 3.39. The molecule has 0 aliphatic rings. The summed E-state index contributed by atoms with van der Waals surface area (Å²) >= 11 is 0. The molecule has 1 amide bonds. The van der Waals surface area contributed by atoms with Crippen molar-refractivity contribution < 1.29 is 13.2 Å². The number of carbonyl (C=O) groups is 1. The third kappa shape index (κ3) is 4.84. The second-order valence-electron chi connectivity index (χ2n) is 4.27. The van der Waals surface area contributed by atoms with Gasteiger partial charge in [-0.25, -0.2) is 13.6 Å². The number of hydrogen-bond acceptors (Lipinski definition) is 3. The van der Waals surface area contributed by atoms with Gasteiger partial charge in [0.25, 0.3) is 5.91 Å². The lowest BCUT2D eigenvalue weighted by molar-refractivity contribution is 0.0953. The van der Waals surface area contributed by atoms with Crippen molar-refractivity contribution in [2.75, 3.05) is 6.54 Å². The fourth-order valence-electron chi connectivity index (χ4n) is 1.59. The molecule has 0 aliphatic carbocycles.